The predicted octanol–water partition coefficient (Wildman–Crippen LogP) is 1.72. The van der Waals surface area contributed by atoms with Gasteiger partial charge in [-0.05, 0) is 49.3 Å². The molecule has 1 amide bonds. The fourth-order valence-electron chi connectivity index (χ4n) is 2.72. The van der Waals surface area contributed by atoms with Crippen molar-refractivity contribution in [3.05, 3.63) is 35.7 Å². The van der Waals surface area contributed by atoms with Crippen LogP contribution in [0.5, 0.6) is 0 Å². The quantitative estimate of drug-likeness (QED) is 0.776. The summed E-state index contributed by atoms with van der Waals surface area (Å²) >= 11 is -2.10. The van der Waals surface area contributed by atoms with Crippen LogP contribution in [-0.4, -0.2) is 36.5 Å². The molecule has 1 aliphatic heterocycles. The summed E-state index contributed by atoms with van der Waals surface area (Å²) < 4.78 is 21.7. The van der Waals surface area contributed by atoms with Crippen LogP contribution in [0, 0.1) is 5.92 Å². The summed E-state index contributed by atoms with van der Waals surface area (Å²) in [6, 6.07) is 3.37. The Morgan fingerprint density at radius 1 is 1.48 bits per heavy atom. The van der Waals surface area contributed by atoms with Crippen molar-refractivity contribution in [3.8, 4) is 0 Å². The van der Waals surface area contributed by atoms with Crippen LogP contribution in [0.4, 0.5) is 0 Å². The smallest absolute Gasteiger partial charge is 0.238 e. The van der Waals surface area contributed by atoms with Crippen molar-refractivity contribution in [1.29, 1.82) is 0 Å². The van der Waals surface area contributed by atoms with Gasteiger partial charge in [-0.15, -0.1) is 0 Å². The van der Waals surface area contributed by atoms with Gasteiger partial charge in [0, 0.05) is 12.7 Å². The van der Waals surface area contributed by atoms with E-state index in [1.807, 2.05) is 12.1 Å². The minimum absolute atomic E-state index is 0.217. The van der Waals surface area contributed by atoms with Gasteiger partial charge in [-0.3, -0.25) is 14.3 Å². The number of amides is 1. The third kappa shape index (κ3) is 4.46. The summed E-state index contributed by atoms with van der Waals surface area (Å²) in [4.78, 5) is 16.5. The Bertz CT molecular complexity index is 631. The molecule has 2 fully saturated rings. The van der Waals surface area contributed by atoms with Crippen LogP contribution < -0.4 is 5.32 Å². The Labute approximate surface area is 138 Å². The first-order chi connectivity index (χ1) is 11.1. The van der Waals surface area contributed by atoms with Crippen molar-refractivity contribution in [3.63, 3.8) is 0 Å². The van der Waals surface area contributed by atoms with Crippen LogP contribution in [0.1, 0.15) is 36.9 Å². The molecule has 3 rings (SSSR count). The first-order valence-electron chi connectivity index (χ1n) is 7.92. The minimum Gasteiger partial charge on any atom is -0.349 e. The SMILES string of the molecule is O=C(NCc1cc(/C=C/C2CC2)ccn1)[C@@H]1CCCN1S(=O)O. The van der Waals surface area contributed by atoms with Crippen molar-refractivity contribution in [1.82, 2.24) is 14.6 Å². The zero-order valence-electron chi connectivity index (χ0n) is 12.9. The molecule has 2 N–H and O–H groups in total. The molecule has 23 heavy (non-hydrogen) atoms. The zero-order chi connectivity index (χ0) is 16.2. The monoisotopic (exact) mass is 335 g/mol. The molecule has 0 radical (unpaired) electrons. The molecule has 1 aliphatic carbocycles. The van der Waals surface area contributed by atoms with Gasteiger partial charge in [-0.25, -0.2) is 4.21 Å². The molecule has 124 valence electrons. The Morgan fingerprint density at radius 3 is 3.04 bits per heavy atom. The number of nitrogens with one attached hydrogen (secondary N) is 1. The molecule has 0 aromatic carbocycles. The van der Waals surface area contributed by atoms with Crippen LogP contribution in [0.2, 0.25) is 0 Å². The number of pyridine rings is 1. The lowest BCUT2D eigenvalue weighted by atomic mass is 10.2. The molecular formula is C16H21N3O3S. The summed E-state index contributed by atoms with van der Waals surface area (Å²) in [5.74, 6) is 0.504. The van der Waals surface area contributed by atoms with E-state index in [-0.39, 0.29) is 5.91 Å². The van der Waals surface area contributed by atoms with Crippen LogP contribution in [0.15, 0.2) is 24.4 Å². The standard InChI is InChI=1S/C16H21N3O3S/c20-16(15-2-1-9-19(15)23(21)22)18-11-14-10-13(7-8-17-14)6-5-12-3-4-12/h5-8,10,12,15H,1-4,9,11H2,(H,18,20)(H,21,22)/b6-5+/t15-/m0/s1. The summed E-state index contributed by atoms with van der Waals surface area (Å²) in [6.07, 6.45) is 9.95. The lowest BCUT2D eigenvalue weighted by Gasteiger charge is -2.19. The van der Waals surface area contributed by atoms with E-state index in [2.05, 4.69) is 22.5 Å². The summed E-state index contributed by atoms with van der Waals surface area (Å²) in [5.41, 5.74) is 1.86. The second kappa shape index (κ2) is 7.33. The van der Waals surface area contributed by atoms with Gasteiger partial charge in [-0.2, -0.15) is 4.31 Å². The van der Waals surface area contributed by atoms with Gasteiger partial charge >= 0.3 is 0 Å². The molecule has 0 bridgehead atoms. The molecule has 1 saturated heterocycles. The highest BCUT2D eigenvalue weighted by atomic mass is 32.2. The lowest BCUT2D eigenvalue weighted by Crippen LogP contribution is -2.43. The van der Waals surface area contributed by atoms with E-state index < -0.39 is 17.3 Å². The minimum atomic E-state index is -2.10. The molecule has 1 aromatic rings. The first kappa shape index (κ1) is 16.3. The van der Waals surface area contributed by atoms with Crippen LogP contribution in [0.3, 0.4) is 0 Å². The second-order valence-corrected chi connectivity index (χ2v) is 6.95. The number of carbonyl (C=O) groups is 1. The third-order valence-corrected chi connectivity index (χ3v) is 5.01. The fourth-order valence-corrected chi connectivity index (χ4v) is 3.42. The van der Waals surface area contributed by atoms with Crippen LogP contribution >= 0.6 is 0 Å². The number of hydrogen-bond donors (Lipinski definition) is 2. The van der Waals surface area contributed by atoms with Crippen LogP contribution in [0.25, 0.3) is 6.08 Å². The topological polar surface area (TPSA) is 82.5 Å². The summed E-state index contributed by atoms with van der Waals surface area (Å²) in [6.45, 7) is 0.799. The van der Waals surface area contributed by atoms with E-state index in [4.69, 9.17) is 0 Å². The predicted molar refractivity (Wildman–Crippen MR) is 88.3 cm³/mol. The van der Waals surface area contributed by atoms with Gasteiger partial charge in [0.1, 0.15) is 6.04 Å². The highest BCUT2D eigenvalue weighted by molar-refractivity contribution is 7.76. The largest absolute Gasteiger partial charge is 0.349 e. The van der Waals surface area contributed by atoms with E-state index in [1.54, 1.807) is 6.20 Å². The molecule has 2 aliphatic rings. The van der Waals surface area contributed by atoms with Crippen molar-refractivity contribution < 1.29 is 13.6 Å². The van der Waals surface area contributed by atoms with E-state index in [1.165, 1.54) is 17.1 Å². The number of aromatic nitrogens is 1. The Hall–Kier alpha value is -1.57. The van der Waals surface area contributed by atoms with Crippen molar-refractivity contribution in [2.24, 2.45) is 5.92 Å². The van der Waals surface area contributed by atoms with E-state index in [0.717, 1.165) is 23.6 Å². The van der Waals surface area contributed by atoms with Gasteiger partial charge in [0.15, 0.2) is 0 Å². The lowest BCUT2D eigenvalue weighted by molar-refractivity contribution is -0.124. The fraction of sp³-hybridized carbons (Fsp3) is 0.500. The van der Waals surface area contributed by atoms with E-state index >= 15 is 0 Å². The van der Waals surface area contributed by atoms with Gasteiger partial charge in [0.2, 0.25) is 17.2 Å². The number of rotatable bonds is 6. The van der Waals surface area contributed by atoms with Crippen molar-refractivity contribution in [2.45, 2.75) is 38.3 Å². The molecular weight excluding hydrogens is 314 g/mol. The van der Waals surface area contributed by atoms with Crippen molar-refractivity contribution >= 4 is 23.2 Å². The number of carbonyl (C=O) groups excluding carboxylic acids is 1. The number of hydrogen-bond acceptors (Lipinski definition) is 3. The molecule has 0 spiro atoms. The summed E-state index contributed by atoms with van der Waals surface area (Å²) in [7, 11) is 0. The van der Waals surface area contributed by atoms with Crippen molar-refractivity contribution in [2.75, 3.05) is 6.54 Å². The van der Waals surface area contributed by atoms with Gasteiger partial charge in [-0.1, -0.05) is 12.2 Å². The maximum absolute atomic E-state index is 12.2. The first-order valence-corrected chi connectivity index (χ1v) is 8.98. The molecule has 1 unspecified atom stereocenters. The molecule has 2 atom stereocenters. The Balaban J connectivity index is 1.56. The summed E-state index contributed by atoms with van der Waals surface area (Å²) in [5, 5.41) is 2.82. The maximum Gasteiger partial charge on any atom is 0.238 e. The molecule has 1 aromatic heterocycles. The van der Waals surface area contributed by atoms with E-state index in [0.29, 0.717) is 19.5 Å². The van der Waals surface area contributed by atoms with E-state index in [9.17, 15) is 13.6 Å². The Morgan fingerprint density at radius 2 is 2.30 bits per heavy atom. The second-order valence-electron chi connectivity index (χ2n) is 6.02. The molecule has 6 nitrogen and oxygen atoms in total. The molecule has 2 heterocycles. The Kier molecular flexibility index (Phi) is 5.20. The molecule has 7 heteroatoms. The number of allylic oxidation sites excluding steroid dienone is 1. The average molecular weight is 335 g/mol. The van der Waals surface area contributed by atoms with Gasteiger partial charge < -0.3 is 5.32 Å². The maximum atomic E-state index is 12.2. The van der Waals surface area contributed by atoms with Crippen LogP contribution in [-0.2, 0) is 22.6 Å². The highest BCUT2D eigenvalue weighted by Crippen LogP contribution is 2.30. The zero-order valence-corrected chi connectivity index (χ0v) is 13.7. The normalized spacial score (nSPS) is 23.3. The highest BCUT2D eigenvalue weighted by Gasteiger charge is 2.33. The number of nitrogens with zero attached hydrogens (tertiary/aromatic N) is 2. The van der Waals surface area contributed by atoms with Gasteiger partial charge in [0.05, 0.1) is 12.2 Å². The average Bonchev–Trinajstić information content (AvgIpc) is 3.24. The third-order valence-electron chi connectivity index (χ3n) is 4.17. The van der Waals surface area contributed by atoms with Gasteiger partial charge in [0.25, 0.3) is 0 Å². The molecule has 1 saturated carbocycles.